The van der Waals surface area contributed by atoms with Crippen molar-refractivity contribution in [3.63, 3.8) is 0 Å². The van der Waals surface area contributed by atoms with Crippen molar-refractivity contribution in [1.29, 1.82) is 0 Å². The van der Waals surface area contributed by atoms with Gasteiger partial charge in [-0.2, -0.15) is 0 Å². The predicted octanol–water partition coefficient (Wildman–Crippen LogP) is 2.26. The minimum atomic E-state index is 0.171. The summed E-state index contributed by atoms with van der Waals surface area (Å²) in [6.45, 7) is 8.27. The second kappa shape index (κ2) is 6.03. The lowest BCUT2D eigenvalue weighted by Crippen LogP contribution is -2.25. The summed E-state index contributed by atoms with van der Waals surface area (Å²) < 4.78 is 5.38. The summed E-state index contributed by atoms with van der Waals surface area (Å²) in [5.41, 5.74) is 2.71. The maximum absolute atomic E-state index is 5.38. The lowest BCUT2D eigenvalue weighted by atomic mass is 9.86. The Labute approximate surface area is 105 Å². The van der Waals surface area contributed by atoms with Crippen molar-refractivity contribution in [2.24, 2.45) is 0 Å². The fraction of sp³-hybridized carbons (Fsp3) is 0.571. The van der Waals surface area contributed by atoms with Gasteiger partial charge in [-0.1, -0.05) is 32.9 Å². The van der Waals surface area contributed by atoms with Crippen LogP contribution in [0.3, 0.4) is 0 Å². The van der Waals surface area contributed by atoms with Crippen molar-refractivity contribution in [2.45, 2.75) is 32.7 Å². The number of hydrogen-bond acceptors (Lipinski definition) is 3. The van der Waals surface area contributed by atoms with E-state index < -0.39 is 0 Å². The van der Waals surface area contributed by atoms with Gasteiger partial charge in [0.05, 0.1) is 7.11 Å². The van der Waals surface area contributed by atoms with Crippen LogP contribution in [-0.4, -0.2) is 20.8 Å². The van der Waals surface area contributed by atoms with Crippen LogP contribution in [0.5, 0.6) is 5.75 Å². The zero-order valence-corrected chi connectivity index (χ0v) is 11.6. The first-order valence-corrected chi connectivity index (χ1v) is 6.01. The number of nitrogens with one attached hydrogen (secondary N) is 2. The van der Waals surface area contributed by atoms with Crippen LogP contribution in [0.25, 0.3) is 0 Å². The lowest BCUT2D eigenvalue weighted by Gasteiger charge is -2.21. The van der Waals surface area contributed by atoms with Crippen LogP contribution in [0.4, 0.5) is 0 Å². The monoisotopic (exact) mass is 236 g/mol. The van der Waals surface area contributed by atoms with E-state index in [-0.39, 0.29) is 5.41 Å². The minimum Gasteiger partial charge on any atom is -0.496 e. The van der Waals surface area contributed by atoms with Crippen LogP contribution >= 0.6 is 0 Å². The van der Waals surface area contributed by atoms with Crippen molar-refractivity contribution in [1.82, 2.24) is 10.6 Å². The maximum Gasteiger partial charge on any atom is 0.123 e. The van der Waals surface area contributed by atoms with Gasteiger partial charge in [0.1, 0.15) is 5.75 Å². The summed E-state index contributed by atoms with van der Waals surface area (Å²) in [5, 5.41) is 6.38. The summed E-state index contributed by atoms with van der Waals surface area (Å²) in [4.78, 5) is 0. The van der Waals surface area contributed by atoms with Crippen molar-refractivity contribution < 1.29 is 4.74 Å². The molecule has 1 aromatic carbocycles. The molecule has 0 radical (unpaired) electrons. The first-order chi connectivity index (χ1) is 7.99. The molecule has 0 atom stereocenters. The van der Waals surface area contributed by atoms with Gasteiger partial charge in [0.2, 0.25) is 0 Å². The van der Waals surface area contributed by atoms with Crippen LogP contribution in [0, 0.1) is 0 Å². The van der Waals surface area contributed by atoms with Gasteiger partial charge < -0.3 is 15.4 Å². The fourth-order valence-corrected chi connectivity index (χ4v) is 1.71. The fourth-order valence-electron chi connectivity index (χ4n) is 1.71. The maximum atomic E-state index is 5.38. The van der Waals surface area contributed by atoms with E-state index in [1.165, 1.54) is 11.1 Å². The second-order valence-electron chi connectivity index (χ2n) is 5.23. The zero-order chi connectivity index (χ0) is 12.9. The van der Waals surface area contributed by atoms with Gasteiger partial charge in [-0.3, -0.25) is 0 Å². The standard InChI is InChI=1S/C14H24N2O/c1-14(2,3)12-6-7-13(17-5)11(8-12)9-16-10-15-4/h6-8,15-16H,9-10H2,1-5H3. The van der Waals surface area contributed by atoms with Crippen LogP contribution in [0.1, 0.15) is 31.9 Å². The van der Waals surface area contributed by atoms with E-state index >= 15 is 0 Å². The molecule has 0 heterocycles. The first-order valence-electron chi connectivity index (χ1n) is 6.01. The molecule has 0 saturated carbocycles. The topological polar surface area (TPSA) is 33.3 Å². The summed E-state index contributed by atoms with van der Waals surface area (Å²) in [6.07, 6.45) is 0. The number of ether oxygens (including phenoxy) is 1. The van der Waals surface area contributed by atoms with Gasteiger partial charge in [-0.05, 0) is 24.1 Å². The third kappa shape index (κ3) is 4.02. The van der Waals surface area contributed by atoms with Crippen LogP contribution < -0.4 is 15.4 Å². The molecule has 17 heavy (non-hydrogen) atoms. The van der Waals surface area contributed by atoms with Crippen molar-refractivity contribution in [3.05, 3.63) is 29.3 Å². The predicted molar refractivity (Wildman–Crippen MR) is 72.5 cm³/mol. The molecule has 2 N–H and O–H groups in total. The molecule has 1 rings (SSSR count). The van der Waals surface area contributed by atoms with Crippen LogP contribution in [0.15, 0.2) is 18.2 Å². The number of rotatable bonds is 5. The van der Waals surface area contributed by atoms with E-state index in [0.29, 0.717) is 0 Å². The molecule has 0 saturated heterocycles. The largest absolute Gasteiger partial charge is 0.496 e. The van der Waals surface area contributed by atoms with Crippen LogP contribution in [-0.2, 0) is 12.0 Å². The van der Waals surface area contributed by atoms with E-state index in [1.807, 2.05) is 7.05 Å². The third-order valence-electron chi connectivity index (χ3n) is 2.76. The summed E-state index contributed by atoms with van der Waals surface area (Å²) in [6, 6.07) is 6.42. The first kappa shape index (κ1) is 14.0. The van der Waals surface area contributed by atoms with E-state index in [4.69, 9.17) is 4.74 Å². The normalized spacial score (nSPS) is 11.6. The smallest absolute Gasteiger partial charge is 0.123 e. The van der Waals surface area contributed by atoms with Crippen LogP contribution in [0.2, 0.25) is 0 Å². The van der Waals surface area contributed by atoms with E-state index in [1.54, 1.807) is 7.11 Å². The average Bonchev–Trinajstić information content (AvgIpc) is 2.28. The van der Waals surface area contributed by atoms with Gasteiger partial charge >= 0.3 is 0 Å². The summed E-state index contributed by atoms with van der Waals surface area (Å²) in [7, 11) is 3.64. The Balaban J connectivity index is 2.90. The lowest BCUT2D eigenvalue weighted by molar-refractivity contribution is 0.406. The molecular weight excluding hydrogens is 212 g/mol. The molecule has 0 unspecified atom stereocenters. The molecule has 0 amide bonds. The molecule has 96 valence electrons. The van der Waals surface area contributed by atoms with Crippen molar-refractivity contribution >= 4 is 0 Å². The molecule has 1 aromatic rings. The van der Waals surface area contributed by atoms with Gasteiger partial charge in [0, 0.05) is 18.8 Å². The third-order valence-corrected chi connectivity index (χ3v) is 2.76. The number of methoxy groups -OCH3 is 1. The van der Waals surface area contributed by atoms with Crippen molar-refractivity contribution in [2.75, 3.05) is 20.8 Å². The number of benzene rings is 1. The molecular formula is C14H24N2O. The Hall–Kier alpha value is -1.06. The van der Waals surface area contributed by atoms with Gasteiger partial charge in [-0.15, -0.1) is 0 Å². The highest BCUT2D eigenvalue weighted by atomic mass is 16.5. The summed E-state index contributed by atoms with van der Waals surface area (Å²) in [5.74, 6) is 0.946. The Morgan fingerprint density at radius 3 is 2.47 bits per heavy atom. The molecule has 0 aliphatic carbocycles. The molecule has 0 aliphatic heterocycles. The average molecular weight is 236 g/mol. The molecule has 0 aromatic heterocycles. The van der Waals surface area contributed by atoms with Crippen molar-refractivity contribution in [3.8, 4) is 5.75 Å². The molecule has 0 spiro atoms. The highest BCUT2D eigenvalue weighted by Crippen LogP contribution is 2.27. The number of hydrogen-bond donors (Lipinski definition) is 2. The van der Waals surface area contributed by atoms with E-state index in [2.05, 4.69) is 49.6 Å². The Kier molecular flexibility index (Phi) is 4.97. The molecule has 0 fully saturated rings. The minimum absolute atomic E-state index is 0.171. The van der Waals surface area contributed by atoms with E-state index in [0.717, 1.165) is 19.0 Å². The highest BCUT2D eigenvalue weighted by Gasteiger charge is 2.15. The highest BCUT2D eigenvalue weighted by molar-refractivity contribution is 5.39. The van der Waals surface area contributed by atoms with E-state index in [9.17, 15) is 0 Å². The second-order valence-corrected chi connectivity index (χ2v) is 5.23. The summed E-state index contributed by atoms with van der Waals surface area (Å²) >= 11 is 0. The Morgan fingerprint density at radius 1 is 1.24 bits per heavy atom. The quantitative estimate of drug-likeness (QED) is 0.608. The molecule has 0 bridgehead atoms. The Morgan fingerprint density at radius 2 is 1.94 bits per heavy atom. The molecule has 0 aliphatic rings. The molecule has 3 nitrogen and oxygen atoms in total. The van der Waals surface area contributed by atoms with Gasteiger partial charge in [-0.25, -0.2) is 0 Å². The Bertz CT molecular complexity index is 356. The van der Waals surface area contributed by atoms with Gasteiger partial charge in [0.25, 0.3) is 0 Å². The molecule has 3 heteroatoms. The zero-order valence-electron chi connectivity index (χ0n) is 11.6. The van der Waals surface area contributed by atoms with Gasteiger partial charge in [0.15, 0.2) is 0 Å². The SMILES string of the molecule is CNCNCc1cc(C(C)(C)C)ccc1OC.